The van der Waals surface area contributed by atoms with Crippen LogP contribution in [0.25, 0.3) is 0 Å². The molecule has 0 atom stereocenters. The molecule has 0 aliphatic heterocycles. The summed E-state index contributed by atoms with van der Waals surface area (Å²) in [6.45, 7) is 4.93. The van der Waals surface area contributed by atoms with E-state index in [0.29, 0.717) is 13.1 Å². The van der Waals surface area contributed by atoms with Crippen LogP contribution < -0.4 is 0 Å². The van der Waals surface area contributed by atoms with E-state index < -0.39 is 5.82 Å². The van der Waals surface area contributed by atoms with Crippen LogP contribution in [0.4, 0.5) is 4.39 Å². The fraction of sp³-hybridized carbons (Fsp3) is 0.278. The first-order valence-corrected chi connectivity index (χ1v) is 7.21. The van der Waals surface area contributed by atoms with Gasteiger partial charge in [-0.05, 0) is 38.0 Å². The second-order valence-corrected chi connectivity index (χ2v) is 5.10. The van der Waals surface area contributed by atoms with E-state index in [4.69, 9.17) is 0 Å². The molecule has 0 fully saturated rings. The van der Waals surface area contributed by atoms with Crippen molar-refractivity contribution in [2.45, 2.75) is 20.3 Å². The second kappa shape index (κ2) is 7.02. The maximum atomic E-state index is 13.8. The van der Waals surface area contributed by atoms with Crippen molar-refractivity contribution in [1.82, 2.24) is 4.90 Å². The van der Waals surface area contributed by atoms with Gasteiger partial charge in [0, 0.05) is 13.1 Å². The molecule has 2 rings (SSSR count). The van der Waals surface area contributed by atoms with E-state index in [1.165, 1.54) is 11.6 Å². The summed E-state index contributed by atoms with van der Waals surface area (Å²) in [5, 5.41) is 0. The average molecular weight is 285 g/mol. The van der Waals surface area contributed by atoms with Crippen molar-refractivity contribution in [2.24, 2.45) is 0 Å². The smallest absolute Gasteiger partial charge is 0.256 e. The summed E-state index contributed by atoms with van der Waals surface area (Å²) < 4.78 is 13.8. The molecule has 0 unspecified atom stereocenters. The first-order chi connectivity index (χ1) is 10.1. The summed E-state index contributed by atoms with van der Waals surface area (Å²) in [5.74, 6) is -0.696. The topological polar surface area (TPSA) is 20.3 Å². The van der Waals surface area contributed by atoms with Crippen LogP contribution in [0.3, 0.4) is 0 Å². The van der Waals surface area contributed by atoms with Gasteiger partial charge in [-0.1, -0.05) is 42.0 Å². The standard InChI is InChI=1S/C18H20FNO/c1-3-20(12-11-15-7-5-4-6-8-15)18(21)16-13-14(2)9-10-17(16)19/h4-10,13H,3,11-12H2,1-2H3. The van der Waals surface area contributed by atoms with Crippen molar-refractivity contribution in [3.05, 3.63) is 71.0 Å². The van der Waals surface area contributed by atoms with Gasteiger partial charge in [0.05, 0.1) is 5.56 Å². The monoisotopic (exact) mass is 285 g/mol. The van der Waals surface area contributed by atoms with Crippen molar-refractivity contribution in [3.8, 4) is 0 Å². The SMILES string of the molecule is CCN(CCc1ccccc1)C(=O)c1cc(C)ccc1F. The minimum absolute atomic E-state index is 0.157. The van der Waals surface area contributed by atoms with Gasteiger partial charge in [-0.3, -0.25) is 4.79 Å². The summed E-state index contributed by atoms with van der Waals surface area (Å²) in [6.07, 6.45) is 0.772. The van der Waals surface area contributed by atoms with Crippen LogP contribution in [0.1, 0.15) is 28.4 Å². The van der Waals surface area contributed by atoms with E-state index in [-0.39, 0.29) is 11.5 Å². The van der Waals surface area contributed by atoms with Crippen molar-refractivity contribution < 1.29 is 9.18 Å². The third-order valence-electron chi connectivity index (χ3n) is 3.53. The predicted molar refractivity (Wildman–Crippen MR) is 82.9 cm³/mol. The number of carbonyl (C=O) groups excluding carboxylic acids is 1. The molecule has 2 aromatic rings. The van der Waals surface area contributed by atoms with Gasteiger partial charge in [0.2, 0.25) is 0 Å². The lowest BCUT2D eigenvalue weighted by molar-refractivity contribution is 0.0761. The van der Waals surface area contributed by atoms with Crippen LogP contribution in [0, 0.1) is 12.7 Å². The number of rotatable bonds is 5. The third kappa shape index (κ3) is 3.91. The van der Waals surface area contributed by atoms with E-state index in [0.717, 1.165) is 12.0 Å². The van der Waals surface area contributed by atoms with E-state index >= 15 is 0 Å². The number of likely N-dealkylation sites (N-methyl/N-ethyl adjacent to an activating group) is 1. The van der Waals surface area contributed by atoms with Gasteiger partial charge in [0.25, 0.3) is 5.91 Å². The Morgan fingerprint density at radius 3 is 2.52 bits per heavy atom. The molecular formula is C18H20FNO. The number of carbonyl (C=O) groups is 1. The maximum Gasteiger partial charge on any atom is 0.256 e. The van der Waals surface area contributed by atoms with Crippen LogP contribution in [-0.2, 0) is 6.42 Å². The maximum absolute atomic E-state index is 13.8. The first-order valence-electron chi connectivity index (χ1n) is 7.21. The molecule has 2 aromatic carbocycles. The van der Waals surface area contributed by atoms with Crippen LogP contribution in [0.15, 0.2) is 48.5 Å². The Bertz CT molecular complexity index is 610. The van der Waals surface area contributed by atoms with Crippen molar-refractivity contribution >= 4 is 5.91 Å². The van der Waals surface area contributed by atoms with Gasteiger partial charge < -0.3 is 4.90 Å². The summed E-state index contributed by atoms with van der Waals surface area (Å²) >= 11 is 0. The van der Waals surface area contributed by atoms with Crippen LogP contribution in [0.5, 0.6) is 0 Å². The van der Waals surface area contributed by atoms with Crippen molar-refractivity contribution in [3.63, 3.8) is 0 Å². The van der Waals surface area contributed by atoms with Gasteiger partial charge >= 0.3 is 0 Å². The minimum atomic E-state index is -0.455. The molecule has 1 amide bonds. The van der Waals surface area contributed by atoms with Gasteiger partial charge in [0.1, 0.15) is 5.82 Å². The van der Waals surface area contributed by atoms with E-state index in [1.807, 2.05) is 44.2 Å². The minimum Gasteiger partial charge on any atom is -0.339 e. The molecule has 0 bridgehead atoms. The number of hydrogen-bond donors (Lipinski definition) is 0. The largest absolute Gasteiger partial charge is 0.339 e. The number of aryl methyl sites for hydroxylation is 1. The van der Waals surface area contributed by atoms with Gasteiger partial charge in [-0.25, -0.2) is 4.39 Å². The Balaban J connectivity index is 2.10. The molecule has 0 N–H and O–H groups in total. The molecule has 2 nitrogen and oxygen atoms in total. The Morgan fingerprint density at radius 1 is 1.14 bits per heavy atom. The first kappa shape index (κ1) is 15.2. The molecule has 0 aromatic heterocycles. The molecule has 0 aliphatic carbocycles. The number of amides is 1. The van der Waals surface area contributed by atoms with Crippen LogP contribution >= 0.6 is 0 Å². The zero-order chi connectivity index (χ0) is 15.2. The molecule has 110 valence electrons. The highest BCUT2D eigenvalue weighted by molar-refractivity contribution is 5.94. The van der Waals surface area contributed by atoms with Gasteiger partial charge in [-0.2, -0.15) is 0 Å². The number of halogens is 1. The molecule has 0 saturated heterocycles. The average Bonchev–Trinajstić information content (AvgIpc) is 2.51. The Morgan fingerprint density at radius 2 is 1.86 bits per heavy atom. The predicted octanol–water partition coefficient (Wildman–Crippen LogP) is 3.84. The number of hydrogen-bond acceptors (Lipinski definition) is 1. The normalized spacial score (nSPS) is 10.4. The summed E-state index contributed by atoms with van der Waals surface area (Å²) in [7, 11) is 0. The highest BCUT2D eigenvalue weighted by Gasteiger charge is 2.18. The third-order valence-corrected chi connectivity index (χ3v) is 3.53. The van der Waals surface area contributed by atoms with Crippen molar-refractivity contribution in [2.75, 3.05) is 13.1 Å². The quantitative estimate of drug-likeness (QED) is 0.817. The summed E-state index contributed by atoms with van der Waals surface area (Å²) in [6, 6.07) is 14.6. The highest BCUT2D eigenvalue weighted by atomic mass is 19.1. The molecule has 0 saturated carbocycles. The lowest BCUT2D eigenvalue weighted by atomic mass is 10.1. The molecule has 0 spiro atoms. The van der Waals surface area contributed by atoms with Crippen molar-refractivity contribution in [1.29, 1.82) is 0 Å². The lowest BCUT2D eigenvalue weighted by Gasteiger charge is -2.21. The lowest BCUT2D eigenvalue weighted by Crippen LogP contribution is -2.33. The van der Waals surface area contributed by atoms with Crippen LogP contribution in [0.2, 0.25) is 0 Å². The van der Waals surface area contributed by atoms with E-state index in [2.05, 4.69) is 0 Å². The van der Waals surface area contributed by atoms with Crippen LogP contribution in [-0.4, -0.2) is 23.9 Å². The molecule has 0 aliphatic rings. The molecule has 0 radical (unpaired) electrons. The van der Waals surface area contributed by atoms with Gasteiger partial charge in [-0.15, -0.1) is 0 Å². The van der Waals surface area contributed by atoms with E-state index in [9.17, 15) is 9.18 Å². The molecule has 0 heterocycles. The Labute approximate surface area is 125 Å². The number of benzene rings is 2. The fourth-order valence-corrected chi connectivity index (χ4v) is 2.29. The van der Waals surface area contributed by atoms with Gasteiger partial charge in [0.15, 0.2) is 0 Å². The highest BCUT2D eigenvalue weighted by Crippen LogP contribution is 2.13. The molecular weight excluding hydrogens is 265 g/mol. The Hall–Kier alpha value is -2.16. The summed E-state index contributed by atoms with van der Waals surface area (Å²) in [5.41, 5.74) is 2.22. The summed E-state index contributed by atoms with van der Waals surface area (Å²) in [4.78, 5) is 14.1. The Kier molecular flexibility index (Phi) is 5.09. The molecule has 21 heavy (non-hydrogen) atoms. The molecule has 3 heteroatoms. The van der Waals surface area contributed by atoms with E-state index in [1.54, 1.807) is 17.0 Å². The second-order valence-electron chi connectivity index (χ2n) is 5.10. The number of nitrogens with zero attached hydrogens (tertiary/aromatic N) is 1. The zero-order valence-electron chi connectivity index (χ0n) is 12.5. The fourth-order valence-electron chi connectivity index (χ4n) is 2.29. The zero-order valence-corrected chi connectivity index (χ0v) is 12.5.